The van der Waals surface area contributed by atoms with Crippen LogP contribution in [-0.2, 0) is 17.7 Å². The lowest BCUT2D eigenvalue weighted by Crippen LogP contribution is -2.46. The van der Waals surface area contributed by atoms with Gasteiger partial charge < -0.3 is 19.7 Å². The number of aldehydes is 1. The molecule has 2 heterocycles. The zero-order chi connectivity index (χ0) is 17.6. The second-order valence-corrected chi connectivity index (χ2v) is 6.34. The fourth-order valence-corrected chi connectivity index (χ4v) is 3.31. The number of carbonyl (C=O) groups excluding carboxylic acids is 2. The molecule has 7 heteroatoms. The first-order chi connectivity index (χ1) is 12.2. The maximum Gasteiger partial charge on any atom is 0.317 e. The number of rotatable bonds is 5. The first-order valence-electron chi connectivity index (χ1n) is 8.69. The zero-order valence-electron chi connectivity index (χ0n) is 14.6. The molecule has 1 aromatic carbocycles. The van der Waals surface area contributed by atoms with E-state index < -0.39 is 0 Å². The van der Waals surface area contributed by atoms with E-state index in [2.05, 4.69) is 10.2 Å². The van der Waals surface area contributed by atoms with Gasteiger partial charge >= 0.3 is 6.03 Å². The number of hydrogen-bond donors (Lipinski definition) is 1. The Morgan fingerprint density at radius 1 is 1.28 bits per heavy atom. The molecule has 0 bridgehead atoms. The Morgan fingerprint density at radius 3 is 2.80 bits per heavy atom. The predicted molar refractivity (Wildman–Crippen MR) is 93.2 cm³/mol. The first-order valence-corrected chi connectivity index (χ1v) is 8.69. The van der Waals surface area contributed by atoms with Crippen LogP contribution in [0.15, 0.2) is 12.1 Å². The third kappa shape index (κ3) is 4.29. The summed E-state index contributed by atoms with van der Waals surface area (Å²) in [6, 6.07) is 3.68. The van der Waals surface area contributed by atoms with Crippen molar-refractivity contribution < 1.29 is 19.1 Å². The fourth-order valence-electron chi connectivity index (χ4n) is 3.31. The molecular formula is C18H25N3O4. The Labute approximate surface area is 147 Å². The minimum absolute atomic E-state index is 0.0534. The van der Waals surface area contributed by atoms with Gasteiger partial charge in [0.05, 0.1) is 25.9 Å². The molecule has 0 spiro atoms. The van der Waals surface area contributed by atoms with Crippen LogP contribution in [0.1, 0.15) is 21.5 Å². The van der Waals surface area contributed by atoms with Crippen LogP contribution in [0.4, 0.5) is 4.79 Å². The van der Waals surface area contributed by atoms with Crippen LogP contribution < -0.4 is 10.1 Å². The number of methoxy groups -OCH3 is 1. The summed E-state index contributed by atoms with van der Waals surface area (Å²) in [4.78, 5) is 27.7. The molecule has 0 atom stereocenters. The van der Waals surface area contributed by atoms with Crippen LogP contribution in [-0.4, -0.2) is 75.2 Å². The van der Waals surface area contributed by atoms with E-state index in [0.29, 0.717) is 30.9 Å². The molecule has 0 aromatic heterocycles. The third-order valence-electron chi connectivity index (χ3n) is 4.79. The van der Waals surface area contributed by atoms with Gasteiger partial charge in [-0.3, -0.25) is 9.69 Å². The van der Waals surface area contributed by atoms with Crippen LogP contribution in [0.25, 0.3) is 0 Å². The van der Waals surface area contributed by atoms with E-state index in [9.17, 15) is 9.59 Å². The Hall–Kier alpha value is -2.12. The second kappa shape index (κ2) is 8.31. The lowest BCUT2D eigenvalue weighted by molar-refractivity contribution is 0.0385. The largest absolute Gasteiger partial charge is 0.496 e. The van der Waals surface area contributed by atoms with Gasteiger partial charge in [-0.2, -0.15) is 0 Å². The summed E-state index contributed by atoms with van der Waals surface area (Å²) < 4.78 is 10.6. The standard InChI is InChI=1S/C18H25N3O4/c1-24-17-11-14-2-4-21(12-15(14)10-16(17)13-22)18(23)19-3-5-20-6-8-25-9-7-20/h10-11,13H,2-9,12H2,1H3,(H,19,23). The molecular weight excluding hydrogens is 322 g/mol. The van der Waals surface area contributed by atoms with Crippen molar-refractivity contribution in [1.82, 2.24) is 15.1 Å². The molecule has 1 aromatic rings. The lowest BCUT2D eigenvalue weighted by atomic mass is 9.97. The van der Waals surface area contributed by atoms with Crippen molar-refractivity contribution in [2.45, 2.75) is 13.0 Å². The van der Waals surface area contributed by atoms with E-state index in [-0.39, 0.29) is 6.03 Å². The van der Waals surface area contributed by atoms with Crippen LogP contribution in [0.5, 0.6) is 5.75 Å². The second-order valence-electron chi connectivity index (χ2n) is 6.34. The molecule has 2 amide bonds. The van der Waals surface area contributed by atoms with Crippen molar-refractivity contribution in [1.29, 1.82) is 0 Å². The number of ether oxygens (including phenoxy) is 2. The number of nitrogens with one attached hydrogen (secondary N) is 1. The van der Waals surface area contributed by atoms with E-state index in [0.717, 1.165) is 56.7 Å². The molecule has 3 rings (SSSR count). The summed E-state index contributed by atoms with van der Waals surface area (Å²) in [6.07, 6.45) is 1.56. The summed E-state index contributed by atoms with van der Waals surface area (Å²) in [6.45, 7) is 6.02. The average molecular weight is 347 g/mol. The number of carbonyl (C=O) groups is 2. The Morgan fingerprint density at radius 2 is 2.08 bits per heavy atom. The molecule has 1 N–H and O–H groups in total. The van der Waals surface area contributed by atoms with Gasteiger partial charge in [-0.25, -0.2) is 4.79 Å². The number of amides is 2. The quantitative estimate of drug-likeness (QED) is 0.802. The summed E-state index contributed by atoms with van der Waals surface area (Å²) in [5.41, 5.74) is 2.67. The van der Waals surface area contributed by atoms with Gasteiger partial charge in [0.15, 0.2) is 6.29 Å². The number of morpholine rings is 1. The minimum atomic E-state index is -0.0534. The van der Waals surface area contributed by atoms with Crippen molar-refractivity contribution in [2.24, 2.45) is 0 Å². The third-order valence-corrected chi connectivity index (χ3v) is 4.79. The average Bonchev–Trinajstić information content (AvgIpc) is 2.67. The highest BCUT2D eigenvalue weighted by Crippen LogP contribution is 2.27. The minimum Gasteiger partial charge on any atom is -0.496 e. The van der Waals surface area contributed by atoms with E-state index >= 15 is 0 Å². The van der Waals surface area contributed by atoms with Crippen molar-refractivity contribution >= 4 is 12.3 Å². The van der Waals surface area contributed by atoms with Crippen molar-refractivity contribution in [2.75, 3.05) is 53.0 Å². The normalized spacial score (nSPS) is 17.7. The molecule has 25 heavy (non-hydrogen) atoms. The SMILES string of the molecule is COc1cc2c(cc1C=O)CN(C(=O)NCCN1CCOCC1)CC2. The first kappa shape index (κ1) is 17.7. The van der Waals surface area contributed by atoms with Crippen LogP contribution in [0.3, 0.4) is 0 Å². The monoisotopic (exact) mass is 347 g/mol. The molecule has 0 radical (unpaired) electrons. The molecule has 1 saturated heterocycles. The Bertz CT molecular complexity index is 629. The molecule has 0 unspecified atom stereocenters. The maximum absolute atomic E-state index is 12.4. The predicted octanol–water partition coefficient (Wildman–Crippen LogP) is 0.908. The highest BCUT2D eigenvalue weighted by molar-refractivity contribution is 5.80. The number of benzene rings is 1. The lowest BCUT2D eigenvalue weighted by Gasteiger charge is -2.30. The van der Waals surface area contributed by atoms with Crippen molar-refractivity contribution in [3.8, 4) is 5.75 Å². The maximum atomic E-state index is 12.4. The van der Waals surface area contributed by atoms with Crippen molar-refractivity contribution in [3.05, 3.63) is 28.8 Å². The molecule has 136 valence electrons. The Balaban J connectivity index is 1.54. The van der Waals surface area contributed by atoms with Crippen LogP contribution >= 0.6 is 0 Å². The van der Waals surface area contributed by atoms with E-state index in [1.165, 1.54) is 0 Å². The molecule has 0 saturated carbocycles. The van der Waals surface area contributed by atoms with Gasteiger partial charge in [0, 0.05) is 39.3 Å². The fraction of sp³-hybridized carbons (Fsp3) is 0.556. The molecule has 1 fully saturated rings. The smallest absolute Gasteiger partial charge is 0.317 e. The number of hydrogen-bond acceptors (Lipinski definition) is 5. The Kier molecular flexibility index (Phi) is 5.88. The summed E-state index contributed by atoms with van der Waals surface area (Å²) in [7, 11) is 1.56. The number of nitrogens with zero attached hydrogens (tertiary/aromatic N) is 2. The zero-order valence-corrected chi connectivity index (χ0v) is 14.6. The highest BCUT2D eigenvalue weighted by Gasteiger charge is 2.22. The van der Waals surface area contributed by atoms with E-state index in [4.69, 9.17) is 9.47 Å². The molecule has 2 aliphatic rings. The van der Waals surface area contributed by atoms with Gasteiger partial charge in [0.2, 0.25) is 0 Å². The van der Waals surface area contributed by atoms with Crippen molar-refractivity contribution in [3.63, 3.8) is 0 Å². The van der Waals surface area contributed by atoms with Gasteiger partial charge in [-0.05, 0) is 29.7 Å². The van der Waals surface area contributed by atoms with Gasteiger partial charge in [0.1, 0.15) is 5.75 Å². The van der Waals surface area contributed by atoms with Gasteiger partial charge in [0.25, 0.3) is 0 Å². The molecule has 7 nitrogen and oxygen atoms in total. The van der Waals surface area contributed by atoms with E-state index in [1.54, 1.807) is 12.0 Å². The number of fused-ring (bicyclic) bond motifs is 1. The van der Waals surface area contributed by atoms with Gasteiger partial charge in [-0.15, -0.1) is 0 Å². The summed E-state index contributed by atoms with van der Waals surface area (Å²) in [5, 5.41) is 2.99. The van der Waals surface area contributed by atoms with E-state index in [1.807, 2.05) is 12.1 Å². The van der Waals surface area contributed by atoms with Crippen LogP contribution in [0.2, 0.25) is 0 Å². The summed E-state index contributed by atoms with van der Waals surface area (Å²) >= 11 is 0. The highest BCUT2D eigenvalue weighted by atomic mass is 16.5. The van der Waals surface area contributed by atoms with Crippen LogP contribution in [0, 0.1) is 0 Å². The summed E-state index contributed by atoms with van der Waals surface area (Å²) in [5.74, 6) is 0.595. The molecule has 0 aliphatic carbocycles. The topological polar surface area (TPSA) is 71.1 Å². The van der Waals surface area contributed by atoms with Gasteiger partial charge in [-0.1, -0.05) is 0 Å². The molecule has 2 aliphatic heterocycles. The number of urea groups is 1.